The molecule has 2 aromatic rings. The summed E-state index contributed by atoms with van der Waals surface area (Å²) in [5.41, 5.74) is 1.03. The molecule has 0 spiro atoms. The molecule has 1 aliphatic rings. The van der Waals surface area contributed by atoms with Crippen LogP contribution in [0.4, 0.5) is 13.2 Å². The number of ether oxygens (including phenoxy) is 4. The number of fused-ring (bicyclic) bond motifs is 1. The number of aromatic nitrogens is 2. The Labute approximate surface area is 163 Å². The van der Waals surface area contributed by atoms with Gasteiger partial charge in [0.1, 0.15) is 5.82 Å². The Balaban J connectivity index is 2.10. The molecule has 0 amide bonds. The van der Waals surface area contributed by atoms with Crippen molar-refractivity contribution >= 4 is 5.97 Å². The molecule has 158 valence electrons. The number of rotatable bonds is 5. The first-order valence-corrected chi connectivity index (χ1v) is 8.61. The van der Waals surface area contributed by atoms with Crippen molar-refractivity contribution in [3.05, 3.63) is 29.6 Å². The second kappa shape index (κ2) is 8.29. The number of halogens is 3. The minimum Gasteiger partial charge on any atom is -0.493 e. The first-order chi connectivity index (χ1) is 13.8. The van der Waals surface area contributed by atoms with Crippen molar-refractivity contribution in [1.82, 2.24) is 9.55 Å². The number of hydrogen-bond acceptors (Lipinski definition) is 7. The van der Waals surface area contributed by atoms with E-state index in [9.17, 15) is 23.1 Å². The number of aliphatic hydroxyl groups excluding tert-OH is 1. The Morgan fingerprint density at radius 2 is 2.10 bits per heavy atom. The summed E-state index contributed by atoms with van der Waals surface area (Å²) in [5.74, 6) is -0.996. The topological polar surface area (TPSA) is 92.0 Å². The van der Waals surface area contributed by atoms with Crippen LogP contribution in [0, 0.1) is 0 Å². The van der Waals surface area contributed by atoms with E-state index in [-0.39, 0.29) is 31.2 Å². The van der Waals surface area contributed by atoms with E-state index in [1.165, 1.54) is 26.4 Å². The lowest BCUT2D eigenvalue weighted by Crippen LogP contribution is -2.22. The number of methoxy groups -OCH3 is 2. The molecule has 2 heterocycles. The van der Waals surface area contributed by atoms with Crippen LogP contribution >= 0.6 is 0 Å². The number of aliphatic hydroxyl groups is 1. The molecule has 1 N–H and O–H groups in total. The highest BCUT2D eigenvalue weighted by atomic mass is 19.4. The Morgan fingerprint density at radius 3 is 2.72 bits per heavy atom. The second-order valence-electron chi connectivity index (χ2n) is 6.17. The van der Waals surface area contributed by atoms with E-state index in [0.29, 0.717) is 23.5 Å². The van der Waals surface area contributed by atoms with Crippen LogP contribution in [0.15, 0.2) is 18.2 Å². The fourth-order valence-corrected chi connectivity index (χ4v) is 3.12. The normalized spacial score (nSPS) is 16.7. The summed E-state index contributed by atoms with van der Waals surface area (Å²) in [7, 11) is 2.44. The van der Waals surface area contributed by atoms with Gasteiger partial charge in [0, 0.05) is 12.0 Å². The maximum atomic E-state index is 12.6. The lowest BCUT2D eigenvalue weighted by Gasteiger charge is -2.16. The van der Waals surface area contributed by atoms with Crippen LogP contribution in [-0.2, 0) is 22.4 Å². The smallest absolute Gasteiger partial charge is 0.493 e. The summed E-state index contributed by atoms with van der Waals surface area (Å²) >= 11 is 0. The largest absolute Gasteiger partial charge is 0.573 e. The number of imidazole rings is 1. The minimum atomic E-state index is -4.87. The van der Waals surface area contributed by atoms with Crippen LogP contribution in [0.2, 0.25) is 0 Å². The zero-order chi connectivity index (χ0) is 21.2. The quantitative estimate of drug-likeness (QED) is 0.747. The average Bonchev–Trinajstić information content (AvgIpc) is 2.90. The predicted octanol–water partition coefficient (Wildman–Crippen LogP) is 2.18. The van der Waals surface area contributed by atoms with Crippen molar-refractivity contribution < 1.29 is 42.0 Å². The van der Waals surface area contributed by atoms with Gasteiger partial charge < -0.3 is 28.6 Å². The molecule has 0 bridgehead atoms. The van der Waals surface area contributed by atoms with E-state index in [4.69, 9.17) is 14.2 Å². The Kier molecular flexibility index (Phi) is 5.99. The summed E-state index contributed by atoms with van der Waals surface area (Å²) in [4.78, 5) is 16.5. The average molecular weight is 416 g/mol. The van der Waals surface area contributed by atoms with Crippen molar-refractivity contribution in [2.24, 2.45) is 0 Å². The molecule has 1 aromatic heterocycles. The third kappa shape index (κ3) is 4.46. The maximum absolute atomic E-state index is 12.6. The van der Waals surface area contributed by atoms with Gasteiger partial charge in [0.2, 0.25) is 0 Å². The van der Waals surface area contributed by atoms with E-state index in [0.717, 1.165) is 6.07 Å². The van der Waals surface area contributed by atoms with Gasteiger partial charge in [-0.2, -0.15) is 0 Å². The molecular weight excluding hydrogens is 397 g/mol. The van der Waals surface area contributed by atoms with E-state index < -0.39 is 24.2 Å². The monoisotopic (exact) mass is 416 g/mol. The lowest BCUT2D eigenvalue weighted by molar-refractivity contribution is -0.275. The fourth-order valence-electron chi connectivity index (χ4n) is 3.12. The molecule has 1 aliphatic heterocycles. The zero-order valence-electron chi connectivity index (χ0n) is 15.7. The van der Waals surface area contributed by atoms with Crippen molar-refractivity contribution in [2.75, 3.05) is 27.4 Å². The van der Waals surface area contributed by atoms with E-state index in [2.05, 4.69) is 9.72 Å². The molecule has 3 rings (SSSR count). The summed E-state index contributed by atoms with van der Waals surface area (Å²) in [6, 6.07) is 3.81. The minimum absolute atomic E-state index is 0.0827. The predicted molar refractivity (Wildman–Crippen MR) is 92.8 cm³/mol. The van der Waals surface area contributed by atoms with Crippen LogP contribution < -0.4 is 9.47 Å². The van der Waals surface area contributed by atoms with Gasteiger partial charge in [-0.1, -0.05) is 0 Å². The zero-order valence-corrected chi connectivity index (χ0v) is 15.7. The molecule has 8 nitrogen and oxygen atoms in total. The lowest BCUT2D eigenvalue weighted by atomic mass is 10.2. The molecule has 0 fully saturated rings. The Hall–Kier alpha value is -2.79. The number of nitrogens with zero attached hydrogens (tertiary/aromatic N) is 2. The fraction of sp³-hybridized carbons (Fsp3) is 0.444. The number of alkyl halides is 3. The third-order valence-corrected chi connectivity index (χ3v) is 4.38. The van der Waals surface area contributed by atoms with Gasteiger partial charge in [-0.3, -0.25) is 0 Å². The number of carbonyl (C=O) groups is 1. The Morgan fingerprint density at radius 1 is 1.34 bits per heavy atom. The highest BCUT2D eigenvalue weighted by Crippen LogP contribution is 2.36. The van der Waals surface area contributed by atoms with Crippen LogP contribution in [0.3, 0.4) is 0 Å². The highest BCUT2D eigenvalue weighted by molar-refractivity contribution is 5.89. The molecule has 0 radical (unpaired) electrons. The van der Waals surface area contributed by atoms with E-state index in [1.54, 1.807) is 4.57 Å². The summed E-state index contributed by atoms with van der Waals surface area (Å²) in [6.07, 6.45) is -5.05. The van der Waals surface area contributed by atoms with Gasteiger partial charge >= 0.3 is 12.3 Å². The van der Waals surface area contributed by atoms with Gasteiger partial charge in [0.15, 0.2) is 17.2 Å². The highest BCUT2D eigenvalue weighted by Gasteiger charge is 2.33. The van der Waals surface area contributed by atoms with Gasteiger partial charge in [0.05, 0.1) is 45.8 Å². The maximum Gasteiger partial charge on any atom is 0.573 e. The van der Waals surface area contributed by atoms with E-state index >= 15 is 0 Å². The molecule has 0 saturated heterocycles. The van der Waals surface area contributed by atoms with E-state index in [1.807, 2.05) is 0 Å². The van der Waals surface area contributed by atoms with Crippen molar-refractivity contribution in [3.63, 3.8) is 0 Å². The number of esters is 1. The summed E-state index contributed by atoms with van der Waals surface area (Å²) in [5, 5.41) is 9.50. The Bertz CT molecular complexity index is 896. The van der Waals surface area contributed by atoms with Crippen LogP contribution in [0.25, 0.3) is 11.4 Å². The SMILES string of the molecule is COC(=O)c1nc(-c2ccc(OC(F)(F)F)c(OC)c2)n2c1CCO[C@H](CO)C2. The number of benzene rings is 1. The third-order valence-electron chi connectivity index (χ3n) is 4.38. The standard InChI is InChI=1S/C18H19F3N2O6/c1-26-14-7-10(3-4-13(14)29-18(19,20)21)16-22-15(17(25)27-2)12-5-6-28-11(9-24)8-23(12)16/h3-4,7,11,24H,5-6,8-9H2,1-2H3/t11-/m0/s1. The molecule has 0 unspecified atom stereocenters. The number of carbonyl (C=O) groups excluding carboxylic acids is 1. The van der Waals surface area contributed by atoms with Crippen molar-refractivity contribution in [2.45, 2.75) is 25.4 Å². The van der Waals surface area contributed by atoms with Gasteiger partial charge in [0.25, 0.3) is 0 Å². The molecule has 29 heavy (non-hydrogen) atoms. The van der Waals surface area contributed by atoms with Crippen molar-refractivity contribution in [3.8, 4) is 22.9 Å². The first-order valence-electron chi connectivity index (χ1n) is 8.61. The van der Waals surface area contributed by atoms with Gasteiger partial charge in [-0.15, -0.1) is 13.2 Å². The molecular formula is C18H19F3N2O6. The first kappa shape index (κ1) is 20.9. The second-order valence-corrected chi connectivity index (χ2v) is 6.17. The molecule has 11 heteroatoms. The molecule has 1 atom stereocenters. The molecule has 0 saturated carbocycles. The van der Waals surface area contributed by atoms with Crippen LogP contribution in [0.1, 0.15) is 16.2 Å². The van der Waals surface area contributed by atoms with Crippen LogP contribution in [-0.4, -0.2) is 60.5 Å². The molecule has 1 aromatic carbocycles. The molecule has 0 aliphatic carbocycles. The summed E-state index contributed by atoms with van der Waals surface area (Å²) < 4.78 is 58.8. The summed E-state index contributed by atoms with van der Waals surface area (Å²) in [6.45, 7) is 0.225. The van der Waals surface area contributed by atoms with Crippen LogP contribution in [0.5, 0.6) is 11.5 Å². The number of hydrogen-bond donors (Lipinski definition) is 1. The van der Waals surface area contributed by atoms with Gasteiger partial charge in [-0.05, 0) is 18.2 Å². The van der Waals surface area contributed by atoms with Gasteiger partial charge in [-0.25, -0.2) is 9.78 Å². The van der Waals surface area contributed by atoms with Crippen molar-refractivity contribution in [1.29, 1.82) is 0 Å².